The van der Waals surface area contributed by atoms with Crippen LogP contribution in [0.2, 0.25) is 0 Å². The second-order valence-electron chi connectivity index (χ2n) is 11.4. The summed E-state index contributed by atoms with van der Waals surface area (Å²) in [6.45, 7) is 0.933. The monoisotopic (exact) mass is 563 g/mol. The topological polar surface area (TPSA) is 119 Å². The summed E-state index contributed by atoms with van der Waals surface area (Å²) < 4.78 is 12.1. The van der Waals surface area contributed by atoms with Crippen LogP contribution in [0.25, 0.3) is 22.0 Å². The van der Waals surface area contributed by atoms with Gasteiger partial charge in [0.15, 0.2) is 5.78 Å². The molecule has 0 atom stereocenters. The van der Waals surface area contributed by atoms with E-state index in [2.05, 4.69) is 9.97 Å². The summed E-state index contributed by atoms with van der Waals surface area (Å²) in [5.41, 5.74) is 2.64. The lowest BCUT2D eigenvalue weighted by atomic mass is 9.82. The fourth-order valence-corrected chi connectivity index (χ4v) is 6.20. The molecule has 0 bridgehead atoms. The Kier molecular flexibility index (Phi) is 6.18. The average Bonchev–Trinajstić information content (AvgIpc) is 3.86. The Hall–Kier alpha value is -4.79. The molecule has 2 aliphatic heterocycles. The van der Waals surface area contributed by atoms with Crippen LogP contribution in [-0.4, -0.2) is 63.4 Å². The zero-order valence-corrected chi connectivity index (χ0v) is 23.1. The molecule has 2 fully saturated rings. The van der Waals surface area contributed by atoms with Gasteiger partial charge in [0, 0.05) is 66.1 Å². The summed E-state index contributed by atoms with van der Waals surface area (Å²) in [5, 5.41) is 11.2. The van der Waals surface area contributed by atoms with Crippen molar-refractivity contribution in [3.63, 3.8) is 0 Å². The number of ketones is 1. The van der Waals surface area contributed by atoms with Crippen LogP contribution in [0, 0.1) is 0 Å². The van der Waals surface area contributed by atoms with Crippen LogP contribution in [0.5, 0.6) is 11.5 Å². The largest absolute Gasteiger partial charge is 0.496 e. The summed E-state index contributed by atoms with van der Waals surface area (Å²) >= 11 is 0. The van der Waals surface area contributed by atoms with Gasteiger partial charge in [0.1, 0.15) is 17.1 Å². The molecule has 1 aliphatic carbocycles. The molecule has 0 radical (unpaired) electrons. The van der Waals surface area contributed by atoms with Crippen molar-refractivity contribution in [2.75, 3.05) is 20.2 Å². The molecule has 9 nitrogen and oxygen atoms in total. The van der Waals surface area contributed by atoms with Crippen LogP contribution in [0.3, 0.4) is 0 Å². The van der Waals surface area contributed by atoms with E-state index < -0.39 is 11.6 Å². The number of nitrogens with zero attached hydrogens (tertiary/aromatic N) is 3. The van der Waals surface area contributed by atoms with Gasteiger partial charge >= 0.3 is 5.97 Å². The highest BCUT2D eigenvalue weighted by Crippen LogP contribution is 2.44. The molecule has 1 amide bonds. The molecular formula is C33H29N3O6. The number of carboxylic acid groups (broad SMARTS) is 1. The molecule has 42 heavy (non-hydrogen) atoms. The van der Waals surface area contributed by atoms with Gasteiger partial charge in [0.05, 0.1) is 36.0 Å². The first-order chi connectivity index (χ1) is 20.3. The Bertz CT molecular complexity index is 1770. The Labute approximate surface area is 242 Å². The minimum atomic E-state index is -1.04. The number of aromatic carboxylic acids is 1. The van der Waals surface area contributed by atoms with E-state index in [9.17, 15) is 19.5 Å². The summed E-state index contributed by atoms with van der Waals surface area (Å²) in [6, 6.07) is 13.9. The molecule has 2 aromatic heterocycles. The van der Waals surface area contributed by atoms with Crippen molar-refractivity contribution in [2.45, 2.75) is 43.6 Å². The first-order valence-corrected chi connectivity index (χ1v) is 14.2. The number of carbonyl (C=O) groups is 3. The van der Waals surface area contributed by atoms with Gasteiger partial charge in [-0.25, -0.2) is 4.79 Å². The van der Waals surface area contributed by atoms with E-state index >= 15 is 0 Å². The number of piperidine rings is 1. The SMILES string of the molecule is COc1cc(C(=O)N2CCC3(CC2)CC(=O)c2cc(-c4cc(C(=O)O)ccn4)ccc2O3)cc2c(C3CC3)nccc12. The van der Waals surface area contributed by atoms with Crippen molar-refractivity contribution in [2.24, 2.45) is 0 Å². The minimum absolute atomic E-state index is 0.0355. The van der Waals surface area contributed by atoms with Crippen molar-refractivity contribution in [3.8, 4) is 22.8 Å². The number of Topliss-reactive ketones (excluding diaryl/α,β-unsaturated/α-hetero) is 1. The highest BCUT2D eigenvalue weighted by Gasteiger charge is 2.44. The quantitative estimate of drug-likeness (QED) is 0.337. The maximum absolute atomic E-state index is 13.7. The summed E-state index contributed by atoms with van der Waals surface area (Å²) in [4.78, 5) is 49.1. The minimum Gasteiger partial charge on any atom is -0.496 e. The fraction of sp³-hybridized carbons (Fsp3) is 0.303. The van der Waals surface area contributed by atoms with Crippen molar-refractivity contribution >= 4 is 28.4 Å². The molecule has 212 valence electrons. The molecule has 1 spiro atoms. The van der Waals surface area contributed by atoms with E-state index in [-0.39, 0.29) is 23.7 Å². The number of amides is 1. The first kappa shape index (κ1) is 26.1. The van der Waals surface area contributed by atoms with Crippen LogP contribution in [0.4, 0.5) is 0 Å². The highest BCUT2D eigenvalue weighted by atomic mass is 16.5. The predicted molar refractivity (Wildman–Crippen MR) is 154 cm³/mol. The number of rotatable bonds is 5. The van der Waals surface area contributed by atoms with Crippen LogP contribution in [0.15, 0.2) is 60.9 Å². The van der Waals surface area contributed by atoms with Crippen LogP contribution < -0.4 is 9.47 Å². The van der Waals surface area contributed by atoms with Gasteiger partial charge in [-0.05, 0) is 61.4 Å². The van der Waals surface area contributed by atoms with Gasteiger partial charge in [-0.3, -0.25) is 19.6 Å². The second-order valence-corrected chi connectivity index (χ2v) is 11.4. The highest BCUT2D eigenvalue weighted by molar-refractivity contribution is 6.03. The number of carboxylic acids is 1. The normalized spacial score (nSPS) is 17.5. The standard InChI is InChI=1S/C33H29N3O6/c1-41-29-17-22(15-24-23(29)7-11-35-30(24)19-2-3-19)31(38)36-12-8-33(9-13-36)18-27(37)25-14-20(4-5-28(25)42-33)26-16-21(32(39)40)6-10-34-26/h4-7,10-11,14-17,19H,2-3,8-9,12-13,18H2,1H3,(H,39,40). The van der Waals surface area contributed by atoms with E-state index in [1.165, 1.54) is 18.3 Å². The third kappa shape index (κ3) is 4.55. The first-order valence-electron chi connectivity index (χ1n) is 14.2. The molecule has 1 saturated heterocycles. The molecule has 0 unspecified atom stereocenters. The van der Waals surface area contributed by atoms with Gasteiger partial charge in [0.25, 0.3) is 5.91 Å². The predicted octanol–water partition coefficient (Wildman–Crippen LogP) is 5.52. The lowest BCUT2D eigenvalue weighted by Crippen LogP contribution is -2.52. The number of likely N-dealkylation sites (tertiary alicyclic amines) is 1. The zero-order chi connectivity index (χ0) is 29.0. The zero-order valence-electron chi connectivity index (χ0n) is 23.1. The van der Waals surface area contributed by atoms with E-state index in [0.29, 0.717) is 65.7 Å². The number of fused-ring (bicyclic) bond motifs is 2. The van der Waals surface area contributed by atoms with E-state index in [0.717, 1.165) is 29.3 Å². The molecule has 7 rings (SSSR count). The number of benzene rings is 2. The molecule has 4 heterocycles. The molecular weight excluding hydrogens is 534 g/mol. The number of pyridine rings is 2. The van der Waals surface area contributed by atoms with Gasteiger partial charge in [-0.15, -0.1) is 0 Å². The van der Waals surface area contributed by atoms with Crippen molar-refractivity contribution in [3.05, 3.63) is 83.3 Å². The van der Waals surface area contributed by atoms with Crippen molar-refractivity contribution < 1.29 is 29.0 Å². The van der Waals surface area contributed by atoms with Crippen LogP contribution >= 0.6 is 0 Å². The molecule has 2 aromatic carbocycles. The summed E-state index contributed by atoms with van der Waals surface area (Å²) in [7, 11) is 1.62. The van der Waals surface area contributed by atoms with Crippen molar-refractivity contribution in [1.82, 2.24) is 14.9 Å². The molecule has 1 saturated carbocycles. The van der Waals surface area contributed by atoms with Gasteiger partial charge in [0.2, 0.25) is 0 Å². The van der Waals surface area contributed by atoms with E-state index in [1.807, 2.05) is 23.2 Å². The lowest BCUT2D eigenvalue weighted by molar-refractivity contribution is -0.00571. The third-order valence-electron chi connectivity index (χ3n) is 8.66. The maximum Gasteiger partial charge on any atom is 0.335 e. The van der Waals surface area contributed by atoms with E-state index in [4.69, 9.17) is 9.47 Å². The Balaban J connectivity index is 1.10. The number of hydrogen-bond donors (Lipinski definition) is 1. The lowest BCUT2D eigenvalue weighted by Gasteiger charge is -2.44. The fourth-order valence-electron chi connectivity index (χ4n) is 6.20. The number of hydrogen-bond acceptors (Lipinski definition) is 7. The third-order valence-corrected chi connectivity index (χ3v) is 8.66. The van der Waals surface area contributed by atoms with Crippen LogP contribution in [0.1, 0.15) is 74.8 Å². The average molecular weight is 564 g/mol. The second kappa shape index (κ2) is 9.94. The molecule has 1 N–H and O–H groups in total. The Morgan fingerprint density at radius 1 is 0.976 bits per heavy atom. The number of carbonyl (C=O) groups excluding carboxylic acids is 2. The van der Waals surface area contributed by atoms with Crippen LogP contribution in [-0.2, 0) is 0 Å². The molecule has 4 aromatic rings. The summed E-state index contributed by atoms with van der Waals surface area (Å²) in [5.74, 6) is 0.456. The number of methoxy groups -OCH3 is 1. The maximum atomic E-state index is 13.7. The Morgan fingerprint density at radius 2 is 1.76 bits per heavy atom. The molecule has 3 aliphatic rings. The van der Waals surface area contributed by atoms with Gasteiger partial charge < -0.3 is 19.5 Å². The Morgan fingerprint density at radius 3 is 2.50 bits per heavy atom. The summed E-state index contributed by atoms with van der Waals surface area (Å²) in [6.07, 6.45) is 6.76. The smallest absolute Gasteiger partial charge is 0.335 e. The molecule has 9 heteroatoms. The van der Waals surface area contributed by atoms with Gasteiger partial charge in [-0.2, -0.15) is 0 Å². The number of ether oxygens (including phenoxy) is 2. The van der Waals surface area contributed by atoms with Crippen molar-refractivity contribution in [1.29, 1.82) is 0 Å². The number of aromatic nitrogens is 2. The van der Waals surface area contributed by atoms with E-state index in [1.54, 1.807) is 31.4 Å². The van der Waals surface area contributed by atoms with Gasteiger partial charge in [-0.1, -0.05) is 0 Å².